The Labute approximate surface area is 142 Å². The molecule has 0 bridgehead atoms. The molecule has 2 fully saturated rings. The van der Waals surface area contributed by atoms with Gasteiger partial charge in [0, 0.05) is 43.9 Å². The van der Waals surface area contributed by atoms with Crippen molar-refractivity contribution in [3.05, 3.63) is 40.4 Å². The second-order valence-electron chi connectivity index (χ2n) is 7.31. The summed E-state index contributed by atoms with van der Waals surface area (Å²) in [4.78, 5) is 7.12. The van der Waals surface area contributed by atoms with E-state index in [-0.39, 0.29) is 5.41 Å². The van der Waals surface area contributed by atoms with E-state index < -0.39 is 0 Å². The third-order valence-corrected chi connectivity index (χ3v) is 5.46. The monoisotopic (exact) mass is 328 g/mol. The normalized spacial score (nSPS) is 26.9. The molecule has 2 atom stereocenters. The van der Waals surface area contributed by atoms with Gasteiger partial charge in [-0.25, -0.2) is 0 Å². The second kappa shape index (κ2) is 5.63. The Balaban J connectivity index is 1.60. The molecule has 2 aromatic rings. The van der Waals surface area contributed by atoms with Crippen molar-refractivity contribution in [2.45, 2.75) is 39.7 Å². The van der Waals surface area contributed by atoms with Crippen LogP contribution in [0.5, 0.6) is 0 Å². The molecule has 0 radical (unpaired) electrons. The van der Waals surface area contributed by atoms with E-state index in [0.717, 1.165) is 43.5 Å². The molecule has 2 aromatic heterocycles. The molecule has 0 amide bonds. The van der Waals surface area contributed by atoms with Gasteiger partial charge >= 0.3 is 0 Å². The Kier molecular flexibility index (Phi) is 3.69. The fraction of sp³-hybridized carbons (Fsp3) is 0.611. The van der Waals surface area contributed by atoms with E-state index in [1.807, 2.05) is 13.8 Å². The number of fused-ring (bicyclic) bond motifs is 1. The van der Waals surface area contributed by atoms with Crippen LogP contribution in [0.15, 0.2) is 10.5 Å². The van der Waals surface area contributed by atoms with Gasteiger partial charge in [-0.15, -0.1) is 10.2 Å². The number of likely N-dealkylation sites (tertiary alicyclic amines) is 1. The first kappa shape index (κ1) is 15.7. The van der Waals surface area contributed by atoms with Crippen LogP contribution in [0.2, 0.25) is 0 Å². The van der Waals surface area contributed by atoms with Crippen LogP contribution in [0.3, 0.4) is 0 Å². The minimum Gasteiger partial charge on any atom is -0.425 e. The third-order valence-electron chi connectivity index (χ3n) is 5.46. The molecule has 0 aromatic carbocycles. The van der Waals surface area contributed by atoms with Crippen molar-refractivity contribution in [2.24, 2.45) is 5.92 Å². The van der Waals surface area contributed by atoms with Crippen LogP contribution in [0, 0.1) is 33.6 Å². The second-order valence-corrected chi connectivity index (χ2v) is 7.31. The highest BCUT2D eigenvalue weighted by Gasteiger charge is 2.55. The topological polar surface area (TPSA) is 64.3 Å². The zero-order chi connectivity index (χ0) is 16.9. The Morgan fingerprint density at radius 2 is 2.08 bits per heavy atom. The number of pyridine rings is 1. The number of ether oxygens (including phenoxy) is 1. The highest BCUT2D eigenvalue weighted by Crippen LogP contribution is 2.43. The van der Waals surface area contributed by atoms with E-state index in [2.05, 4.69) is 40.0 Å². The standard InChI is InChI=1S/C18H24N4O2/c1-11-5-12(2)19-13(3)16(11)7-22-6-15-8-23-10-18(15,9-22)17-21-20-14(4)24-17/h5,15H,6-10H2,1-4H3/t15-,18-/m0/s1. The molecule has 6 heteroatoms. The summed E-state index contributed by atoms with van der Waals surface area (Å²) in [6.07, 6.45) is 0. The zero-order valence-corrected chi connectivity index (χ0v) is 14.8. The van der Waals surface area contributed by atoms with Crippen LogP contribution in [0.1, 0.15) is 34.3 Å². The number of aryl methyl sites for hydroxylation is 4. The molecule has 128 valence electrons. The van der Waals surface area contributed by atoms with E-state index in [9.17, 15) is 0 Å². The van der Waals surface area contributed by atoms with Crippen LogP contribution in [-0.4, -0.2) is 46.4 Å². The molecular formula is C18H24N4O2. The predicted molar refractivity (Wildman–Crippen MR) is 88.7 cm³/mol. The fourth-order valence-electron chi connectivity index (χ4n) is 4.27. The van der Waals surface area contributed by atoms with Crippen molar-refractivity contribution in [2.75, 3.05) is 26.3 Å². The SMILES string of the molecule is Cc1cc(C)c(CN2C[C@H]3COC[C@@]3(c3nnc(C)o3)C2)c(C)n1. The van der Waals surface area contributed by atoms with Crippen molar-refractivity contribution in [3.63, 3.8) is 0 Å². The lowest BCUT2D eigenvalue weighted by Crippen LogP contribution is -2.36. The van der Waals surface area contributed by atoms with Crippen molar-refractivity contribution in [1.82, 2.24) is 20.1 Å². The molecule has 2 saturated heterocycles. The lowest BCUT2D eigenvalue weighted by atomic mass is 9.81. The van der Waals surface area contributed by atoms with Gasteiger partial charge in [-0.1, -0.05) is 0 Å². The van der Waals surface area contributed by atoms with Crippen molar-refractivity contribution >= 4 is 0 Å². The first-order valence-electron chi connectivity index (χ1n) is 8.52. The van der Waals surface area contributed by atoms with Gasteiger partial charge in [-0.3, -0.25) is 9.88 Å². The fourth-order valence-corrected chi connectivity index (χ4v) is 4.27. The number of hydrogen-bond acceptors (Lipinski definition) is 6. The highest BCUT2D eigenvalue weighted by atomic mass is 16.5. The third kappa shape index (κ3) is 2.45. The predicted octanol–water partition coefficient (Wildman–Crippen LogP) is 2.10. The van der Waals surface area contributed by atoms with Gasteiger partial charge in [0.1, 0.15) is 0 Å². The van der Waals surface area contributed by atoms with Gasteiger partial charge in [0.05, 0.1) is 18.6 Å². The van der Waals surface area contributed by atoms with Crippen molar-refractivity contribution in [1.29, 1.82) is 0 Å². The van der Waals surface area contributed by atoms with Gasteiger partial charge in [0.15, 0.2) is 0 Å². The molecule has 0 spiro atoms. The lowest BCUT2D eigenvalue weighted by molar-refractivity contribution is 0.140. The summed E-state index contributed by atoms with van der Waals surface area (Å²) >= 11 is 0. The summed E-state index contributed by atoms with van der Waals surface area (Å²) in [6.45, 7) is 12.4. The Morgan fingerprint density at radius 1 is 1.25 bits per heavy atom. The first-order valence-corrected chi connectivity index (χ1v) is 8.52. The first-order chi connectivity index (χ1) is 11.5. The van der Waals surface area contributed by atoms with E-state index >= 15 is 0 Å². The molecule has 2 aliphatic rings. The zero-order valence-electron chi connectivity index (χ0n) is 14.8. The van der Waals surface area contributed by atoms with E-state index in [1.165, 1.54) is 11.1 Å². The van der Waals surface area contributed by atoms with Crippen LogP contribution < -0.4 is 0 Å². The van der Waals surface area contributed by atoms with Gasteiger partial charge in [0.25, 0.3) is 0 Å². The average molecular weight is 328 g/mol. The van der Waals surface area contributed by atoms with Gasteiger partial charge in [-0.05, 0) is 38.0 Å². The Hall–Kier alpha value is -1.79. The van der Waals surface area contributed by atoms with Crippen LogP contribution in [-0.2, 0) is 16.7 Å². The van der Waals surface area contributed by atoms with E-state index in [1.54, 1.807) is 0 Å². The molecule has 4 heterocycles. The molecule has 0 unspecified atom stereocenters. The molecule has 2 aliphatic heterocycles. The number of nitrogens with zero attached hydrogens (tertiary/aromatic N) is 4. The molecule has 0 aliphatic carbocycles. The van der Waals surface area contributed by atoms with E-state index in [4.69, 9.17) is 9.15 Å². The van der Waals surface area contributed by atoms with Crippen molar-refractivity contribution in [3.8, 4) is 0 Å². The highest BCUT2D eigenvalue weighted by molar-refractivity contribution is 5.31. The Morgan fingerprint density at radius 3 is 2.79 bits per heavy atom. The maximum atomic E-state index is 5.79. The van der Waals surface area contributed by atoms with Crippen molar-refractivity contribution < 1.29 is 9.15 Å². The van der Waals surface area contributed by atoms with Crippen LogP contribution >= 0.6 is 0 Å². The quantitative estimate of drug-likeness (QED) is 0.860. The maximum absolute atomic E-state index is 5.79. The number of hydrogen-bond donors (Lipinski definition) is 0. The molecule has 4 rings (SSSR count). The van der Waals surface area contributed by atoms with E-state index in [0.29, 0.717) is 18.4 Å². The minimum absolute atomic E-state index is 0.152. The molecular weight excluding hydrogens is 304 g/mol. The summed E-state index contributed by atoms with van der Waals surface area (Å²) in [6, 6.07) is 2.17. The summed E-state index contributed by atoms with van der Waals surface area (Å²) in [7, 11) is 0. The molecule has 6 nitrogen and oxygen atoms in total. The molecule has 0 N–H and O–H groups in total. The minimum atomic E-state index is -0.152. The number of rotatable bonds is 3. The van der Waals surface area contributed by atoms with Crippen LogP contribution in [0.25, 0.3) is 0 Å². The molecule has 0 saturated carbocycles. The average Bonchev–Trinajstić information content (AvgIpc) is 3.16. The summed E-state index contributed by atoms with van der Waals surface area (Å²) in [5.41, 5.74) is 4.71. The Bertz CT molecular complexity index is 749. The molecule has 24 heavy (non-hydrogen) atoms. The summed E-state index contributed by atoms with van der Waals surface area (Å²) in [5, 5.41) is 8.35. The van der Waals surface area contributed by atoms with Gasteiger partial charge in [-0.2, -0.15) is 0 Å². The lowest BCUT2D eigenvalue weighted by Gasteiger charge is -2.23. The van der Waals surface area contributed by atoms with Gasteiger partial charge in [0.2, 0.25) is 11.8 Å². The summed E-state index contributed by atoms with van der Waals surface area (Å²) < 4.78 is 11.6. The van der Waals surface area contributed by atoms with Gasteiger partial charge < -0.3 is 9.15 Å². The largest absolute Gasteiger partial charge is 0.425 e. The number of aromatic nitrogens is 3. The maximum Gasteiger partial charge on any atom is 0.226 e. The summed E-state index contributed by atoms with van der Waals surface area (Å²) in [5.74, 6) is 1.77. The smallest absolute Gasteiger partial charge is 0.226 e. The van der Waals surface area contributed by atoms with Crippen LogP contribution in [0.4, 0.5) is 0 Å².